The van der Waals surface area contributed by atoms with E-state index in [2.05, 4.69) is 55.6 Å². The fourth-order valence-corrected chi connectivity index (χ4v) is 8.37. The van der Waals surface area contributed by atoms with Crippen LogP contribution in [0.1, 0.15) is 284 Å². The molecule has 364 valence electrons. The third kappa shape index (κ3) is 47.8. The maximum atomic E-state index is 12.5. The lowest BCUT2D eigenvalue weighted by Crippen LogP contribution is -2.45. The van der Waals surface area contributed by atoms with Gasteiger partial charge in [0, 0.05) is 0 Å². The summed E-state index contributed by atoms with van der Waals surface area (Å²) < 4.78 is 0. The van der Waals surface area contributed by atoms with E-state index in [1.807, 2.05) is 6.08 Å². The number of aliphatic hydroxyl groups is 3. The highest BCUT2D eigenvalue weighted by Gasteiger charge is 2.20. The molecule has 4 N–H and O–H groups in total. The minimum atomic E-state index is -0.961. The van der Waals surface area contributed by atoms with E-state index in [0.29, 0.717) is 6.42 Å². The molecule has 0 rings (SSSR count). The molecule has 0 spiro atoms. The Bertz CT molecular complexity index is 1000. The molecule has 3 atom stereocenters. The Morgan fingerprint density at radius 2 is 0.694 bits per heavy atom. The van der Waals surface area contributed by atoms with Gasteiger partial charge in [0.15, 0.2) is 0 Å². The summed E-state index contributed by atoms with van der Waals surface area (Å²) in [4.78, 5) is 12.5. The SMILES string of the molecule is CCCCCCCCCC/C=C/CC/C=C/CC/C=C/C(O)C(CO)NC(=O)CC(O)CCCCCCCCCCCCCCC/C=C\CCCCCCCCCCCCCC. The molecule has 0 bridgehead atoms. The molecule has 0 saturated carbocycles. The van der Waals surface area contributed by atoms with Crippen LogP contribution < -0.4 is 5.32 Å². The Morgan fingerprint density at radius 1 is 0.403 bits per heavy atom. The molecule has 3 unspecified atom stereocenters. The van der Waals surface area contributed by atoms with E-state index in [9.17, 15) is 20.1 Å². The summed E-state index contributed by atoms with van der Waals surface area (Å²) in [6.45, 7) is 4.21. The van der Waals surface area contributed by atoms with Crippen LogP contribution in [-0.4, -0.2) is 46.1 Å². The normalized spacial score (nSPS) is 13.7. The summed E-state index contributed by atoms with van der Waals surface area (Å²) in [5, 5.41) is 33.4. The molecule has 0 aliphatic heterocycles. The number of aliphatic hydroxyl groups excluding tert-OH is 3. The number of nitrogens with one attached hydrogen (secondary N) is 1. The van der Waals surface area contributed by atoms with Gasteiger partial charge in [0.2, 0.25) is 5.91 Å². The summed E-state index contributed by atoms with van der Waals surface area (Å²) in [6, 6.07) is -0.768. The third-order valence-corrected chi connectivity index (χ3v) is 12.6. The first-order chi connectivity index (χ1) is 30.5. The summed E-state index contributed by atoms with van der Waals surface area (Å²) in [5.41, 5.74) is 0. The molecule has 5 nitrogen and oxygen atoms in total. The van der Waals surface area contributed by atoms with Gasteiger partial charge < -0.3 is 20.6 Å². The Morgan fingerprint density at radius 3 is 1.03 bits per heavy atom. The van der Waals surface area contributed by atoms with Crippen LogP contribution >= 0.6 is 0 Å². The average molecular weight is 870 g/mol. The number of amides is 1. The van der Waals surface area contributed by atoms with Crippen LogP contribution in [-0.2, 0) is 4.79 Å². The number of hydrogen-bond donors (Lipinski definition) is 4. The number of rotatable bonds is 50. The van der Waals surface area contributed by atoms with E-state index in [4.69, 9.17) is 0 Å². The van der Waals surface area contributed by atoms with Gasteiger partial charge in [0.05, 0.1) is 31.3 Å². The summed E-state index contributed by atoms with van der Waals surface area (Å²) in [7, 11) is 0. The van der Waals surface area contributed by atoms with Crippen molar-refractivity contribution in [3.8, 4) is 0 Å². The second-order valence-corrected chi connectivity index (χ2v) is 18.8. The Hall–Kier alpha value is -1.69. The van der Waals surface area contributed by atoms with Crippen LogP contribution in [0, 0.1) is 0 Å². The third-order valence-electron chi connectivity index (χ3n) is 12.6. The second-order valence-electron chi connectivity index (χ2n) is 18.8. The number of hydrogen-bond acceptors (Lipinski definition) is 4. The van der Waals surface area contributed by atoms with E-state index in [-0.39, 0.29) is 18.9 Å². The minimum Gasteiger partial charge on any atom is -0.394 e. The molecule has 0 saturated heterocycles. The van der Waals surface area contributed by atoms with E-state index in [1.54, 1.807) is 6.08 Å². The van der Waals surface area contributed by atoms with Crippen molar-refractivity contribution in [2.45, 2.75) is 302 Å². The zero-order chi connectivity index (χ0) is 45.1. The van der Waals surface area contributed by atoms with Crippen molar-refractivity contribution in [1.82, 2.24) is 5.32 Å². The van der Waals surface area contributed by atoms with Gasteiger partial charge >= 0.3 is 0 Å². The predicted molar refractivity (Wildman–Crippen MR) is 273 cm³/mol. The first-order valence-electron chi connectivity index (χ1n) is 27.4. The standard InChI is InChI=1S/C57H107NO4/c1-3-5-7-9-11-13-15-17-19-21-23-24-25-26-27-28-29-30-31-32-33-34-36-38-40-42-44-46-48-50-54(60)52-57(62)58-55(53-59)56(61)51-49-47-45-43-41-39-37-35-22-20-18-16-14-12-10-8-6-4-2/h22,26-27,35,41,43,49,51,54-56,59-61H,3-21,23-25,28-34,36-40,42,44-48,50,52-53H2,1-2H3,(H,58,62)/b27-26-,35-22+,43-41+,51-49+. The van der Waals surface area contributed by atoms with Crippen LogP contribution in [0.4, 0.5) is 0 Å². The highest BCUT2D eigenvalue weighted by atomic mass is 16.3. The average Bonchev–Trinajstić information content (AvgIpc) is 3.27. The van der Waals surface area contributed by atoms with Crippen molar-refractivity contribution in [1.29, 1.82) is 0 Å². The van der Waals surface area contributed by atoms with Crippen molar-refractivity contribution in [3.63, 3.8) is 0 Å². The summed E-state index contributed by atoms with van der Waals surface area (Å²) in [6.07, 6.45) is 68.7. The molecule has 1 amide bonds. The van der Waals surface area contributed by atoms with Crippen molar-refractivity contribution in [2.24, 2.45) is 0 Å². The molecule has 0 aliphatic rings. The lowest BCUT2D eigenvalue weighted by Gasteiger charge is -2.21. The van der Waals surface area contributed by atoms with E-state index in [1.165, 1.54) is 218 Å². The zero-order valence-corrected chi connectivity index (χ0v) is 41.5. The van der Waals surface area contributed by atoms with Crippen LogP contribution in [0.2, 0.25) is 0 Å². The van der Waals surface area contributed by atoms with Gasteiger partial charge in [0.1, 0.15) is 0 Å². The van der Waals surface area contributed by atoms with Crippen LogP contribution in [0.5, 0.6) is 0 Å². The van der Waals surface area contributed by atoms with Gasteiger partial charge in [0.25, 0.3) is 0 Å². The lowest BCUT2D eigenvalue weighted by atomic mass is 10.0. The molecular weight excluding hydrogens is 763 g/mol. The lowest BCUT2D eigenvalue weighted by molar-refractivity contribution is -0.124. The monoisotopic (exact) mass is 870 g/mol. The number of allylic oxidation sites excluding steroid dienone is 7. The van der Waals surface area contributed by atoms with Gasteiger partial charge in [-0.3, -0.25) is 4.79 Å². The van der Waals surface area contributed by atoms with Gasteiger partial charge in [-0.1, -0.05) is 255 Å². The highest BCUT2D eigenvalue weighted by Crippen LogP contribution is 2.16. The minimum absolute atomic E-state index is 0.00268. The van der Waals surface area contributed by atoms with Crippen LogP contribution in [0.3, 0.4) is 0 Å². The van der Waals surface area contributed by atoms with Gasteiger partial charge in [-0.25, -0.2) is 0 Å². The fourth-order valence-electron chi connectivity index (χ4n) is 8.37. The first-order valence-corrected chi connectivity index (χ1v) is 27.4. The van der Waals surface area contributed by atoms with Gasteiger partial charge in [-0.2, -0.15) is 0 Å². The Kier molecular flexibility index (Phi) is 50.5. The summed E-state index contributed by atoms with van der Waals surface area (Å²) in [5.74, 6) is -0.327. The molecule has 0 heterocycles. The fraction of sp³-hybridized carbons (Fsp3) is 0.842. The van der Waals surface area contributed by atoms with E-state index in [0.717, 1.165) is 38.5 Å². The molecular formula is C57H107NO4. The molecule has 0 aromatic carbocycles. The van der Waals surface area contributed by atoms with E-state index < -0.39 is 18.2 Å². The molecule has 0 aromatic rings. The highest BCUT2D eigenvalue weighted by molar-refractivity contribution is 5.76. The molecule has 0 aromatic heterocycles. The van der Waals surface area contributed by atoms with Gasteiger partial charge in [-0.15, -0.1) is 0 Å². The maximum Gasteiger partial charge on any atom is 0.222 e. The topological polar surface area (TPSA) is 89.8 Å². The molecule has 62 heavy (non-hydrogen) atoms. The molecule has 0 fully saturated rings. The van der Waals surface area contributed by atoms with Gasteiger partial charge in [-0.05, 0) is 70.6 Å². The number of carbonyl (C=O) groups excluding carboxylic acids is 1. The smallest absolute Gasteiger partial charge is 0.222 e. The van der Waals surface area contributed by atoms with Crippen LogP contribution in [0.25, 0.3) is 0 Å². The number of unbranched alkanes of at least 4 members (excludes halogenated alkanes) is 35. The number of carbonyl (C=O) groups is 1. The Balaban J connectivity index is 3.60. The van der Waals surface area contributed by atoms with E-state index >= 15 is 0 Å². The quantitative estimate of drug-likeness (QED) is 0.0362. The second kappa shape index (κ2) is 51.9. The van der Waals surface area contributed by atoms with Crippen LogP contribution in [0.15, 0.2) is 48.6 Å². The molecule has 0 aliphatic carbocycles. The summed E-state index contributed by atoms with van der Waals surface area (Å²) >= 11 is 0. The predicted octanol–water partition coefficient (Wildman–Crippen LogP) is 16.8. The van der Waals surface area contributed by atoms with Crippen molar-refractivity contribution in [3.05, 3.63) is 48.6 Å². The van der Waals surface area contributed by atoms with Crippen molar-refractivity contribution < 1.29 is 20.1 Å². The molecule has 0 radical (unpaired) electrons. The zero-order valence-electron chi connectivity index (χ0n) is 41.5. The van der Waals surface area contributed by atoms with Crippen molar-refractivity contribution in [2.75, 3.05) is 6.61 Å². The maximum absolute atomic E-state index is 12.5. The Labute approximate surface area is 387 Å². The largest absolute Gasteiger partial charge is 0.394 e. The van der Waals surface area contributed by atoms with Crippen molar-refractivity contribution >= 4 is 5.91 Å². The molecule has 5 heteroatoms. The first kappa shape index (κ1) is 60.3.